The van der Waals surface area contributed by atoms with Gasteiger partial charge in [0.15, 0.2) is 5.58 Å². The summed E-state index contributed by atoms with van der Waals surface area (Å²) in [5.74, 6) is 0.794. The Morgan fingerprint density at radius 1 is 1.30 bits per heavy atom. The van der Waals surface area contributed by atoms with Gasteiger partial charge in [0.05, 0.1) is 11.7 Å². The van der Waals surface area contributed by atoms with Gasteiger partial charge < -0.3 is 20.0 Å². The first-order valence-electron chi connectivity index (χ1n) is 6.40. The fraction of sp³-hybridized carbons (Fsp3) is 0.286. The first-order chi connectivity index (χ1) is 9.54. The van der Waals surface area contributed by atoms with E-state index in [9.17, 15) is 0 Å². The molecule has 0 radical (unpaired) electrons. The van der Waals surface area contributed by atoms with E-state index in [0.717, 1.165) is 22.5 Å². The van der Waals surface area contributed by atoms with Crippen LogP contribution in [-0.2, 0) is 0 Å². The van der Waals surface area contributed by atoms with Gasteiger partial charge in [0.2, 0.25) is 0 Å². The summed E-state index contributed by atoms with van der Waals surface area (Å²) in [5, 5.41) is 7.17. The maximum atomic E-state index is 5.73. The Bertz CT molecular complexity index is 740. The van der Waals surface area contributed by atoms with Crippen molar-refractivity contribution in [2.75, 3.05) is 11.1 Å². The molecule has 0 bridgehead atoms. The zero-order chi connectivity index (χ0) is 14.3. The molecule has 0 aliphatic heterocycles. The van der Waals surface area contributed by atoms with E-state index in [0.29, 0.717) is 17.3 Å². The lowest BCUT2D eigenvalue weighted by molar-refractivity contribution is 0.392. The SMILES string of the molecule is Cc1noc(C)c1C(C)Nc1nc2cc(N)ccc2o1. The summed E-state index contributed by atoms with van der Waals surface area (Å²) in [7, 11) is 0. The second-order valence-electron chi connectivity index (χ2n) is 4.85. The van der Waals surface area contributed by atoms with Gasteiger partial charge in [0.25, 0.3) is 6.01 Å². The monoisotopic (exact) mass is 272 g/mol. The third-order valence-corrected chi connectivity index (χ3v) is 3.27. The van der Waals surface area contributed by atoms with Gasteiger partial charge in [-0.25, -0.2) is 0 Å². The molecule has 0 spiro atoms. The number of aromatic nitrogens is 2. The summed E-state index contributed by atoms with van der Waals surface area (Å²) >= 11 is 0. The van der Waals surface area contributed by atoms with Crippen molar-refractivity contribution in [1.29, 1.82) is 0 Å². The van der Waals surface area contributed by atoms with Crippen LogP contribution in [0.4, 0.5) is 11.7 Å². The molecule has 104 valence electrons. The number of rotatable bonds is 3. The van der Waals surface area contributed by atoms with Gasteiger partial charge in [-0.3, -0.25) is 0 Å². The predicted octanol–water partition coefficient (Wildman–Crippen LogP) is 3.19. The predicted molar refractivity (Wildman–Crippen MR) is 76.4 cm³/mol. The average Bonchev–Trinajstić information content (AvgIpc) is 2.92. The molecule has 0 aliphatic carbocycles. The third-order valence-electron chi connectivity index (χ3n) is 3.27. The molecular weight excluding hydrogens is 256 g/mol. The van der Waals surface area contributed by atoms with Crippen LogP contribution >= 0.6 is 0 Å². The molecule has 0 saturated carbocycles. The molecule has 0 fully saturated rings. The Labute approximate surface area is 115 Å². The van der Waals surface area contributed by atoms with E-state index in [4.69, 9.17) is 14.7 Å². The number of nitrogen functional groups attached to an aromatic ring is 1. The van der Waals surface area contributed by atoms with Crippen molar-refractivity contribution in [2.24, 2.45) is 0 Å². The molecule has 3 aromatic rings. The van der Waals surface area contributed by atoms with Gasteiger partial charge in [0.1, 0.15) is 11.3 Å². The smallest absolute Gasteiger partial charge is 0.296 e. The van der Waals surface area contributed by atoms with E-state index < -0.39 is 0 Å². The van der Waals surface area contributed by atoms with E-state index >= 15 is 0 Å². The number of nitrogens with one attached hydrogen (secondary N) is 1. The highest BCUT2D eigenvalue weighted by Crippen LogP contribution is 2.27. The Kier molecular flexibility index (Phi) is 2.85. The summed E-state index contributed by atoms with van der Waals surface area (Å²) < 4.78 is 10.8. The Morgan fingerprint density at radius 2 is 2.10 bits per heavy atom. The van der Waals surface area contributed by atoms with Crippen LogP contribution < -0.4 is 11.1 Å². The van der Waals surface area contributed by atoms with Gasteiger partial charge in [-0.15, -0.1) is 0 Å². The Hall–Kier alpha value is -2.50. The number of benzene rings is 1. The van der Waals surface area contributed by atoms with Crippen molar-refractivity contribution in [3.8, 4) is 0 Å². The van der Waals surface area contributed by atoms with Gasteiger partial charge in [-0.1, -0.05) is 5.16 Å². The fourth-order valence-electron chi connectivity index (χ4n) is 2.37. The number of aryl methyl sites for hydroxylation is 2. The summed E-state index contributed by atoms with van der Waals surface area (Å²) in [4.78, 5) is 4.37. The van der Waals surface area contributed by atoms with Crippen molar-refractivity contribution < 1.29 is 8.94 Å². The number of hydrogen-bond donors (Lipinski definition) is 2. The van der Waals surface area contributed by atoms with Crippen LogP contribution in [0.15, 0.2) is 27.1 Å². The number of fused-ring (bicyclic) bond motifs is 1. The standard InChI is InChI=1S/C14H16N4O2/c1-7(13-8(2)18-20-9(13)3)16-14-17-11-6-10(15)4-5-12(11)19-14/h4-7H,15H2,1-3H3,(H,16,17). The van der Waals surface area contributed by atoms with E-state index in [2.05, 4.69) is 15.5 Å². The second-order valence-corrected chi connectivity index (χ2v) is 4.85. The molecule has 3 rings (SSSR count). The highest BCUT2D eigenvalue weighted by molar-refractivity contribution is 5.78. The first-order valence-corrected chi connectivity index (χ1v) is 6.40. The third kappa shape index (κ3) is 2.09. The van der Waals surface area contributed by atoms with Crippen LogP contribution in [0.2, 0.25) is 0 Å². The van der Waals surface area contributed by atoms with Crippen LogP contribution in [0.1, 0.15) is 30.0 Å². The van der Waals surface area contributed by atoms with Crippen molar-refractivity contribution in [3.63, 3.8) is 0 Å². The molecular formula is C14H16N4O2. The van der Waals surface area contributed by atoms with Crippen LogP contribution in [0.5, 0.6) is 0 Å². The number of hydrogen-bond acceptors (Lipinski definition) is 6. The second kappa shape index (κ2) is 4.56. The molecule has 0 amide bonds. The lowest BCUT2D eigenvalue weighted by atomic mass is 10.1. The zero-order valence-corrected chi connectivity index (χ0v) is 11.6. The molecule has 20 heavy (non-hydrogen) atoms. The van der Waals surface area contributed by atoms with Crippen LogP contribution in [0, 0.1) is 13.8 Å². The largest absolute Gasteiger partial charge is 0.424 e. The number of nitrogens with zero attached hydrogens (tertiary/aromatic N) is 2. The van der Waals surface area contributed by atoms with Crippen LogP contribution in [-0.4, -0.2) is 10.1 Å². The topological polar surface area (TPSA) is 90.1 Å². The Morgan fingerprint density at radius 3 is 2.80 bits per heavy atom. The van der Waals surface area contributed by atoms with E-state index in [1.807, 2.05) is 26.8 Å². The van der Waals surface area contributed by atoms with E-state index in [1.54, 1.807) is 12.1 Å². The van der Waals surface area contributed by atoms with Crippen LogP contribution in [0.3, 0.4) is 0 Å². The van der Waals surface area contributed by atoms with Gasteiger partial charge in [-0.05, 0) is 39.0 Å². The number of anilines is 2. The molecule has 1 atom stereocenters. The van der Waals surface area contributed by atoms with Crippen molar-refractivity contribution in [2.45, 2.75) is 26.8 Å². The summed E-state index contributed by atoms with van der Waals surface area (Å²) in [6, 6.07) is 5.83. The molecule has 1 aromatic carbocycles. The Balaban J connectivity index is 1.89. The lowest BCUT2D eigenvalue weighted by Crippen LogP contribution is -2.08. The molecule has 2 heterocycles. The van der Waals surface area contributed by atoms with Gasteiger partial charge >= 0.3 is 0 Å². The molecule has 3 N–H and O–H groups in total. The summed E-state index contributed by atoms with van der Waals surface area (Å²) in [6.45, 7) is 5.81. The minimum Gasteiger partial charge on any atom is -0.424 e. The highest BCUT2D eigenvalue weighted by atomic mass is 16.5. The maximum absolute atomic E-state index is 5.73. The minimum atomic E-state index is -0.00772. The molecule has 0 saturated heterocycles. The molecule has 6 nitrogen and oxygen atoms in total. The summed E-state index contributed by atoms with van der Waals surface area (Å²) in [5.41, 5.74) is 9.71. The molecule has 0 aliphatic rings. The molecule has 6 heteroatoms. The fourth-order valence-corrected chi connectivity index (χ4v) is 2.37. The normalized spacial score (nSPS) is 12.8. The first kappa shape index (κ1) is 12.5. The van der Waals surface area contributed by atoms with Gasteiger partial charge in [-0.2, -0.15) is 4.98 Å². The summed E-state index contributed by atoms with van der Waals surface area (Å²) in [6.07, 6.45) is 0. The van der Waals surface area contributed by atoms with Crippen LogP contribution in [0.25, 0.3) is 11.1 Å². The maximum Gasteiger partial charge on any atom is 0.296 e. The molecule has 2 aromatic heterocycles. The van der Waals surface area contributed by atoms with Crippen molar-refractivity contribution in [1.82, 2.24) is 10.1 Å². The number of nitrogens with two attached hydrogens (primary N) is 1. The quantitative estimate of drug-likeness (QED) is 0.712. The molecule has 1 unspecified atom stereocenters. The minimum absolute atomic E-state index is 0.00772. The highest BCUT2D eigenvalue weighted by Gasteiger charge is 2.18. The van der Waals surface area contributed by atoms with Gasteiger partial charge in [0, 0.05) is 11.3 Å². The zero-order valence-electron chi connectivity index (χ0n) is 11.6. The van der Waals surface area contributed by atoms with E-state index in [-0.39, 0.29) is 6.04 Å². The number of oxazole rings is 1. The van der Waals surface area contributed by atoms with Crippen molar-refractivity contribution in [3.05, 3.63) is 35.2 Å². The van der Waals surface area contributed by atoms with Crippen molar-refractivity contribution >= 4 is 22.8 Å². The lowest BCUT2D eigenvalue weighted by Gasteiger charge is -2.11. The average molecular weight is 272 g/mol. The van der Waals surface area contributed by atoms with E-state index in [1.165, 1.54) is 0 Å².